The highest BCUT2D eigenvalue weighted by Crippen LogP contribution is 2.34. The minimum atomic E-state index is -0.817. The van der Waals surface area contributed by atoms with E-state index in [4.69, 9.17) is 0 Å². The molecule has 2 N–H and O–H groups in total. The maximum absolute atomic E-state index is 12.8. The lowest BCUT2D eigenvalue weighted by Crippen LogP contribution is -2.27. The van der Waals surface area contributed by atoms with E-state index in [0.29, 0.717) is 13.0 Å². The van der Waals surface area contributed by atoms with Gasteiger partial charge in [0.05, 0.1) is 6.42 Å². The van der Waals surface area contributed by atoms with E-state index >= 15 is 0 Å². The van der Waals surface area contributed by atoms with E-state index < -0.39 is 5.97 Å². The molecule has 0 radical (unpaired) electrons. The van der Waals surface area contributed by atoms with Crippen LogP contribution >= 0.6 is 0 Å². The molecular weight excluding hydrogens is 422 g/mol. The van der Waals surface area contributed by atoms with Crippen LogP contribution in [0, 0.1) is 6.92 Å². The van der Waals surface area contributed by atoms with Crippen LogP contribution in [0.25, 0.3) is 21.9 Å². The summed E-state index contributed by atoms with van der Waals surface area (Å²) in [7, 11) is 0. The molecule has 4 nitrogen and oxygen atoms in total. The third-order valence-electron chi connectivity index (χ3n) is 6.24. The molecule has 1 amide bonds. The van der Waals surface area contributed by atoms with Crippen LogP contribution in [0.5, 0.6) is 0 Å². The fourth-order valence-electron chi connectivity index (χ4n) is 4.47. The molecule has 0 saturated carbocycles. The average Bonchev–Trinajstić information content (AvgIpc) is 2.85. The molecule has 0 bridgehead atoms. The van der Waals surface area contributed by atoms with E-state index in [2.05, 4.69) is 42.6 Å². The predicted molar refractivity (Wildman–Crippen MR) is 137 cm³/mol. The van der Waals surface area contributed by atoms with Crippen LogP contribution in [0.3, 0.4) is 0 Å². The van der Waals surface area contributed by atoms with Crippen molar-refractivity contribution in [1.82, 2.24) is 5.32 Å². The summed E-state index contributed by atoms with van der Waals surface area (Å²) in [6.07, 6.45) is 1.59. The van der Waals surface area contributed by atoms with Gasteiger partial charge in [-0.3, -0.25) is 9.59 Å². The number of rotatable bonds is 9. The first-order valence-corrected chi connectivity index (χ1v) is 11.6. The number of carboxylic acids is 1. The number of aryl methyl sites for hydroxylation is 2. The Morgan fingerprint density at radius 3 is 2.26 bits per heavy atom. The minimum absolute atomic E-state index is 0.0155. The van der Waals surface area contributed by atoms with Gasteiger partial charge in [-0.1, -0.05) is 84.9 Å². The second-order valence-electron chi connectivity index (χ2n) is 8.57. The zero-order valence-electron chi connectivity index (χ0n) is 19.4. The van der Waals surface area contributed by atoms with Crippen LogP contribution in [0.1, 0.15) is 28.7 Å². The zero-order chi connectivity index (χ0) is 23.9. The van der Waals surface area contributed by atoms with Crippen molar-refractivity contribution >= 4 is 22.6 Å². The van der Waals surface area contributed by atoms with E-state index in [1.807, 2.05) is 54.6 Å². The van der Waals surface area contributed by atoms with Gasteiger partial charge >= 0.3 is 5.97 Å². The Morgan fingerprint density at radius 2 is 1.50 bits per heavy atom. The van der Waals surface area contributed by atoms with Crippen LogP contribution in [0.2, 0.25) is 0 Å². The molecule has 0 fully saturated rings. The van der Waals surface area contributed by atoms with Crippen LogP contribution in [0.4, 0.5) is 0 Å². The maximum Gasteiger partial charge on any atom is 0.303 e. The second-order valence-corrected chi connectivity index (χ2v) is 8.57. The van der Waals surface area contributed by atoms with Crippen LogP contribution < -0.4 is 5.32 Å². The molecule has 172 valence electrons. The molecule has 0 aromatic heterocycles. The molecule has 0 aliphatic carbocycles. The summed E-state index contributed by atoms with van der Waals surface area (Å²) in [5.41, 5.74) is 6.53. The number of amides is 1. The van der Waals surface area contributed by atoms with Gasteiger partial charge in [-0.15, -0.1) is 0 Å². The first-order chi connectivity index (χ1) is 16.5. The van der Waals surface area contributed by atoms with Gasteiger partial charge in [0, 0.05) is 13.0 Å². The van der Waals surface area contributed by atoms with Crippen molar-refractivity contribution in [3.63, 3.8) is 0 Å². The molecule has 0 unspecified atom stereocenters. The van der Waals surface area contributed by atoms with E-state index in [1.165, 1.54) is 11.1 Å². The Morgan fingerprint density at radius 1 is 0.765 bits per heavy atom. The minimum Gasteiger partial charge on any atom is -0.481 e. The highest BCUT2D eigenvalue weighted by molar-refractivity contribution is 6.02. The smallest absolute Gasteiger partial charge is 0.303 e. The first-order valence-electron chi connectivity index (χ1n) is 11.6. The monoisotopic (exact) mass is 451 g/mol. The molecule has 0 spiro atoms. The Hall–Kier alpha value is -3.92. The van der Waals surface area contributed by atoms with Gasteiger partial charge in [-0.05, 0) is 63.9 Å². The topological polar surface area (TPSA) is 66.4 Å². The summed E-state index contributed by atoms with van der Waals surface area (Å²) in [6, 6.07) is 28.3. The normalized spacial score (nSPS) is 10.9. The fourth-order valence-corrected chi connectivity index (χ4v) is 4.47. The Kier molecular flexibility index (Phi) is 7.38. The summed E-state index contributed by atoms with van der Waals surface area (Å²) in [5, 5.41) is 14.3. The molecule has 0 saturated heterocycles. The number of aliphatic carboxylic acids is 1. The number of nitrogens with one attached hydrogen (secondary N) is 1. The molecule has 0 heterocycles. The van der Waals surface area contributed by atoms with Crippen molar-refractivity contribution in [1.29, 1.82) is 0 Å². The molecule has 4 heteroatoms. The van der Waals surface area contributed by atoms with Gasteiger partial charge in [0.25, 0.3) is 0 Å². The molecule has 0 atom stereocenters. The van der Waals surface area contributed by atoms with Gasteiger partial charge in [0.2, 0.25) is 5.91 Å². The largest absolute Gasteiger partial charge is 0.481 e. The molecule has 0 aliphatic heterocycles. The van der Waals surface area contributed by atoms with Gasteiger partial charge in [-0.25, -0.2) is 0 Å². The molecular formula is C30H29NO3. The standard InChI is InChI=1S/C30H29NO3/c1-21-8-5-6-9-22(21)18-19-31-28(32)20-25-15-14-24(16-17-29(33)34)30-26(12-7-13-27(25)30)23-10-3-2-4-11-23/h2-15H,16-20H2,1H3,(H,31,32)(H,33,34). The van der Waals surface area contributed by atoms with Crippen molar-refractivity contribution in [3.8, 4) is 11.1 Å². The number of carboxylic acid groups (broad SMARTS) is 1. The van der Waals surface area contributed by atoms with E-state index in [1.54, 1.807) is 0 Å². The second kappa shape index (κ2) is 10.8. The van der Waals surface area contributed by atoms with E-state index in [9.17, 15) is 14.7 Å². The molecule has 34 heavy (non-hydrogen) atoms. The number of carbonyl (C=O) groups excluding carboxylic acids is 1. The first kappa shape index (κ1) is 23.2. The number of fused-ring (bicyclic) bond motifs is 1. The van der Waals surface area contributed by atoms with Crippen molar-refractivity contribution in [2.45, 2.75) is 32.6 Å². The lowest BCUT2D eigenvalue weighted by Gasteiger charge is -2.15. The summed E-state index contributed by atoms with van der Waals surface area (Å²) >= 11 is 0. The lowest BCUT2D eigenvalue weighted by atomic mass is 9.89. The molecule has 4 aromatic carbocycles. The van der Waals surface area contributed by atoms with Gasteiger partial charge in [0.15, 0.2) is 0 Å². The Balaban J connectivity index is 1.60. The highest BCUT2D eigenvalue weighted by atomic mass is 16.4. The average molecular weight is 452 g/mol. The summed E-state index contributed by atoms with van der Waals surface area (Å²) in [5.74, 6) is -0.833. The molecule has 4 aromatic rings. The van der Waals surface area contributed by atoms with E-state index in [0.717, 1.165) is 39.4 Å². The van der Waals surface area contributed by atoms with Gasteiger partial charge in [-0.2, -0.15) is 0 Å². The van der Waals surface area contributed by atoms with Crippen molar-refractivity contribution in [2.75, 3.05) is 6.54 Å². The highest BCUT2D eigenvalue weighted by Gasteiger charge is 2.14. The van der Waals surface area contributed by atoms with Crippen molar-refractivity contribution < 1.29 is 14.7 Å². The lowest BCUT2D eigenvalue weighted by molar-refractivity contribution is -0.137. The van der Waals surface area contributed by atoms with Crippen molar-refractivity contribution in [3.05, 3.63) is 107 Å². The number of hydrogen-bond donors (Lipinski definition) is 2. The third-order valence-corrected chi connectivity index (χ3v) is 6.24. The fraction of sp³-hybridized carbons (Fsp3) is 0.200. The number of carbonyl (C=O) groups is 2. The quantitative estimate of drug-likeness (QED) is 0.341. The predicted octanol–water partition coefficient (Wildman–Crippen LogP) is 5.73. The number of hydrogen-bond acceptors (Lipinski definition) is 2. The Bertz CT molecular complexity index is 1310. The molecule has 4 rings (SSSR count). The summed E-state index contributed by atoms with van der Waals surface area (Å²) < 4.78 is 0. The van der Waals surface area contributed by atoms with Crippen LogP contribution in [-0.2, 0) is 28.9 Å². The SMILES string of the molecule is Cc1ccccc1CCNC(=O)Cc1ccc(CCC(=O)O)c2c(-c3ccccc3)cccc12. The summed E-state index contributed by atoms with van der Waals surface area (Å²) in [4.78, 5) is 24.0. The van der Waals surface area contributed by atoms with Gasteiger partial charge < -0.3 is 10.4 Å². The maximum atomic E-state index is 12.8. The zero-order valence-corrected chi connectivity index (χ0v) is 19.4. The Labute approximate surface area is 200 Å². The molecule has 0 aliphatic rings. The number of benzene rings is 4. The summed E-state index contributed by atoms with van der Waals surface area (Å²) in [6.45, 7) is 2.67. The van der Waals surface area contributed by atoms with Gasteiger partial charge in [0.1, 0.15) is 0 Å². The van der Waals surface area contributed by atoms with E-state index in [-0.39, 0.29) is 18.7 Å². The van der Waals surface area contributed by atoms with Crippen LogP contribution in [-0.4, -0.2) is 23.5 Å². The third kappa shape index (κ3) is 5.52. The van der Waals surface area contributed by atoms with Crippen LogP contribution in [0.15, 0.2) is 84.9 Å². The van der Waals surface area contributed by atoms with Crippen molar-refractivity contribution in [2.24, 2.45) is 0 Å².